The highest BCUT2D eigenvalue weighted by Gasteiger charge is 2.30. The third-order valence-electron chi connectivity index (χ3n) is 4.90. The lowest BCUT2D eigenvalue weighted by atomic mass is 10.1. The van der Waals surface area contributed by atoms with Crippen LogP contribution in [0.2, 0.25) is 5.02 Å². The molecular formula is C23H20ClF3N4OS. The standard InChI is InChI=1S/C23H20ClF3N4OS/c1-13(2)31(4)12-29-19-10-18(24)20(9-14(19)3)32-22-17(11-28)21(30-33-22)15-5-7-16(8-6-15)23(25,26)27/h5-10,12-13H,1-4H3. The van der Waals surface area contributed by atoms with Crippen LogP contribution in [0.1, 0.15) is 30.5 Å². The Morgan fingerprint density at radius 3 is 2.48 bits per heavy atom. The van der Waals surface area contributed by atoms with Crippen LogP contribution in [0.4, 0.5) is 18.9 Å². The molecule has 0 spiro atoms. The Morgan fingerprint density at radius 2 is 1.91 bits per heavy atom. The van der Waals surface area contributed by atoms with E-state index < -0.39 is 11.7 Å². The molecule has 172 valence electrons. The summed E-state index contributed by atoms with van der Waals surface area (Å²) in [6.07, 6.45) is -2.72. The molecule has 3 rings (SSSR count). The Labute approximate surface area is 198 Å². The summed E-state index contributed by atoms with van der Waals surface area (Å²) >= 11 is 7.32. The summed E-state index contributed by atoms with van der Waals surface area (Å²) in [5, 5.41) is 10.1. The molecule has 2 aromatic carbocycles. The van der Waals surface area contributed by atoms with Gasteiger partial charge in [-0.2, -0.15) is 22.8 Å². The van der Waals surface area contributed by atoms with E-state index in [1.54, 1.807) is 18.5 Å². The Hall–Kier alpha value is -3.09. The summed E-state index contributed by atoms with van der Waals surface area (Å²) in [4.78, 5) is 6.41. The van der Waals surface area contributed by atoms with Gasteiger partial charge in [0.25, 0.3) is 0 Å². The SMILES string of the molecule is Cc1cc(Oc2snc(-c3ccc(C(F)(F)F)cc3)c2C#N)c(Cl)cc1N=CN(C)C(C)C. The van der Waals surface area contributed by atoms with Crippen molar-refractivity contribution in [1.29, 1.82) is 5.26 Å². The summed E-state index contributed by atoms with van der Waals surface area (Å²) in [5.74, 6) is 0.324. The molecule has 0 aliphatic heterocycles. The van der Waals surface area contributed by atoms with E-state index in [9.17, 15) is 18.4 Å². The van der Waals surface area contributed by atoms with E-state index in [0.29, 0.717) is 28.1 Å². The molecule has 1 aromatic heterocycles. The molecule has 0 fully saturated rings. The van der Waals surface area contributed by atoms with Crippen molar-refractivity contribution in [3.63, 3.8) is 0 Å². The number of ether oxygens (including phenoxy) is 1. The first-order valence-electron chi connectivity index (χ1n) is 9.82. The third kappa shape index (κ3) is 5.64. The van der Waals surface area contributed by atoms with Gasteiger partial charge >= 0.3 is 6.18 Å². The van der Waals surface area contributed by atoms with Gasteiger partial charge in [-0.1, -0.05) is 23.7 Å². The van der Waals surface area contributed by atoms with Gasteiger partial charge in [-0.15, -0.1) is 0 Å². The van der Waals surface area contributed by atoms with Crippen LogP contribution < -0.4 is 4.74 Å². The topological polar surface area (TPSA) is 61.5 Å². The number of nitrogens with zero attached hydrogens (tertiary/aromatic N) is 4. The molecule has 5 nitrogen and oxygen atoms in total. The number of rotatable bonds is 6. The van der Waals surface area contributed by atoms with Crippen LogP contribution in [0, 0.1) is 18.3 Å². The van der Waals surface area contributed by atoms with Crippen LogP contribution in [0.5, 0.6) is 10.8 Å². The van der Waals surface area contributed by atoms with Crippen LogP contribution in [-0.2, 0) is 6.18 Å². The lowest BCUT2D eigenvalue weighted by Gasteiger charge is -2.17. The molecule has 10 heteroatoms. The summed E-state index contributed by atoms with van der Waals surface area (Å²) in [6, 6.07) is 10.2. The van der Waals surface area contributed by atoms with Gasteiger partial charge in [-0.05, 0) is 50.6 Å². The normalized spacial score (nSPS) is 11.8. The number of halogens is 4. The second-order valence-corrected chi connectivity index (χ2v) is 8.70. The molecule has 0 bridgehead atoms. The zero-order valence-electron chi connectivity index (χ0n) is 18.2. The molecule has 0 unspecified atom stereocenters. The first-order chi connectivity index (χ1) is 15.5. The highest BCUT2D eigenvalue weighted by Crippen LogP contribution is 2.41. The highest BCUT2D eigenvalue weighted by molar-refractivity contribution is 7.08. The molecular weight excluding hydrogens is 473 g/mol. The predicted octanol–water partition coefficient (Wildman–Crippen LogP) is 7.45. The zero-order chi connectivity index (χ0) is 24.3. The molecule has 33 heavy (non-hydrogen) atoms. The molecule has 0 atom stereocenters. The second kappa shape index (κ2) is 9.81. The molecule has 0 aliphatic carbocycles. The fourth-order valence-corrected chi connectivity index (χ4v) is 3.63. The van der Waals surface area contributed by atoms with Gasteiger partial charge in [0, 0.05) is 30.2 Å². The number of benzene rings is 2. The third-order valence-corrected chi connectivity index (χ3v) is 5.93. The summed E-state index contributed by atoms with van der Waals surface area (Å²) in [6.45, 7) is 5.95. The van der Waals surface area contributed by atoms with Crippen molar-refractivity contribution in [1.82, 2.24) is 9.27 Å². The summed E-state index contributed by atoms with van der Waals surface area (Å²) in [7, 11) is 1.92. The largest absolute Gasteiger partial charge is 0.442 e. The Kier molecular flexibility index (Phi) is 7.30. The van der Waals surface area contributed by atoms with Crippen LogP contribution in [0.3, 0.4) is 0 Å². The van der Waals surface area contributed by atoms with Gasteiger partial charge in [-0.25, -0.2) is 4.99 Å². The number of hydrogen-bond donors (Lipinski definition) is 0. The van der Waals surface area contributed by atoms with E-state index in [1.165, 1.54) is 12.1 Å². The first-order valence-corrected chi connectivity index (χ1v) is 11.0. The van der Waals surface area contributed by atoms with Gasteiger partial charge in [-0.3, -0.25) is 0 Å². The molecule has 1 heterocycles. The van der Waals surface area contributed by atoms with Crippen LogP contribution in [-0.4, -0.2) is 28.7 Å². The number of aryl methyl sites for hydroxylation is 1. The van der Waals surface area contributed by atoms with Gasteiger partial charge in [0.1, 0.15) is 23.1 Å². The van der Waals surface area contributed by atoms with E-state index in [0.717, 1.165) is 29.2 Å². The van der Waals surface area contributed by atoms with E-state index in [4.69, 9.17) is 16.3 Å². The molecule has 0 saturated carbocycles. The summed E-state index contributed by atoms with van der Waals surface area (Å²) in [5.41, 5.74) is 1.46. The number of nitriles is 1. The van der Waals surface area contributed by atoms with Crippen molar-refractivity contribution in [2.45, 2.75) is 33.0 Å². The average molecular weight is 493 g/mol. The lowest BCUT2D eigenvalue weighted by molar-refractivity contribution is -0.137. The zero-order valence-corrected chi connectivity index (χ0v) is 19.8. The van der Waals surface area contributed by atoms with Crippen molar-refractivity contribution >= 4 is 35.2 Å². The maximum Gasteiger partial charge on any atom is 0.416 e. The van der Waals surface area contributed by atoms with Gasteiger partial charge < -0.3 is 9.64 Å². The molecule has 0 N–H and O–H groups in total. The number of aromatic nitrogens is 1. The van der Waals surface area contributed by atoms with Crippen molar-refractivity contribution in [2.75, 3.05) is 7.05 Å². The second-order valence-electron chi connectivity index (χ2n) is 7.56. The fourth-order valence-electron chi connectivity index (χ4n) is 2.71. The van der Waals surface area contributed by atoms with Gasteiger partial charge in [0.15, 0.2) is 0 Å². The van der Waals surface area contributed by atoms with Crippen molar-refractivity contribution in [2.24, 2.45) is 4.99 Å². The monoisotopic (exact) mass is 492 g/mol. The van der Waals surface area contributed by atoms with E-state index in [-0.39, 0.29) is 16.3 Å². The number of alkyl halides is 3. The fraction of sp³-hybridized carbons (Fsp3) is 0.261. The predicted molar refractivity (Wildman–Crippen MR) is 125 cm³/mol. The van der Waals surface area contributed by atoms with Crippen molar-refractivity contribution < 1.29 is 17.9 Å². The van der Waals surface area contributed by atoms with Crippen LogP contribution >= 0.6 is 23.1 Å². The minimum Gasteiger partial charge on any atom is -0.442 e. The first kappa shape index (κ1) is 24.6. The van der Waals surface area contributed by atoms with E-state index >= 15 is 0 Å². The highest BCUT2D eigenvalue weighted by atomic mass is 35.5. The lowest BCUT2D eigenvalue weighted by Crippen LogP contribution is -2.24. The van der Waals surface area contributed by atoms with Gasteiger partial charge in [0.2, 0.25) is 5.06 Å². The average Bonchev–Trinajstić information content (AvgIpc) is 3.16. The van der Waals surface area contributed by atoms with Crippen LogP contribution in [0.25, 0.3) is 11.3 Å². The minimum atomic E-state index is -4.44. The molecule has 0 amide bonds. The smallest absolute Gasteiger partial charge is 0.416 e. The summed E-state index contributed by atoms with van der Waals surface area (Å²) < 4.78 is 48.6. The van der Waals surface area contributed by atoms with Gasteiger partial charge in [0.05, 0.1) is 22.6 Å². The Bertz CT molecular complexity index is 1210. The van der Waals surface area contributed by atoms with E-state index in [1.807, 2.05) is 38.8 Å². The van der Waals surface area contributed by atoms with Crippen molar-refractivity contribution in [3.05, 3.63) is 58.1 Å². The maximum atomic E-state index is 12.8. The Balaban J connectivity index is 1.88. The van der Waals surface area contributed by atoms with Crippen LogP contribution in [0.15, 0.2) is 41.4 Å². The number of hydrogen-bond acceptors (Lipinski definition) is 5. The Morgan fingerprint density at radius 1 is 1.24 bits per heavy atom. The minimum absolute atomic E-state index is 0.120. The quantitative estimate of drug-likeness (QED) is 0.265. The number of aliphatic imine (C=N–C) groups is 1. The van der Waals surface area contributed by atoms with E-state index in [2.05, 4.69) is 9.37 Å². The maximum absolute atomic E-state index is 12.8. The van der Waals surface area contributed by atoms with Crippen molar-refractivity contribution in [3.8, 4) is 28.1 Å². The molecule has 3 aromatic rings. The molecule has 0 radical (unpaired) electrons. The molecule has 0 saturated heterocycles. The molecule has 0 aliphatic rings.